The number of hydrogen-bond donors (Lipinski definition) is 1. The standard InChI is InChI=1S/C10H17F2N3O3S/c11-10(12)19(17,18)15-5-1-2-8(15)9(16)14-6-3-13-4-7-14/h8,10,13H,1-7H2. The van der Waals surface area contributed by atoms with Crippen molar-refractivity contribution in [3.63, 3.8) is 0 Å². The zero-order valence-corrected chi connectivity index (χ0v) is 11.2. The monoisotopic (exact) mass is 297 g/mol. The fourth-order valence-corrected chi connectivity index (χ4v) is 3.63. The molecular formula is C10H17F2N3O3S. The molecule has 1 atom stereocenters. The minimum Gasteiger partial charge on any atom is -0.339 e. The molecule has 9 heteroatoms. The number of rotatable bonds is 3. The predicted octanol–water partition coefficient (Wildman–Crippen LogP) is -0.565. The third-order valence-corrected chi connectivity index (χ3v) is 5.01. The fourth-order valence-electron chi connectivity index (χ4n) is 2.49. The number of sulfonamides is 1. The van der Waals surface area contributed by atoms with Crippen LogP contribution in [0.4, 0.5) is 8.78 Å². The lowest BCUT2D eigenvalue weighted by Crippen LogP contribution is -2.54. The summed E-state index contributed by atoms with van der Waals surface area (Å²) in [6.07, 6.45) is 0.753. The summed E-state index contributed by atoms with van der Waals surface area (Å²) in [4.78, 5) is 13.8. The minimum atomic E-state index is -4.67. The lowest BCUT2D eigenvalue weighted by Gasteiger charge is -2.32. The van der Waals surface area contributed by atoms with Gasteiger partial charge in [0.05, 0.1) is 0 Å². The molecule has 2 rings (SSSR count). The highest BCUT2D eigenvalue weighted by Gasteiger charge is 2.44. The first-order valence-corrected chi connectivity index (χ1v) is 7.73. The van der Waals surface area contributed by atoms with Gasteiger partial charge in [0, 0.05) is 32.7 Å². The lowest BCUT2D eigenvalue weighted by atomic mass is 10.2. The molecule has 1 unspecified atom stereocenters. The Morgan fingerprint density at radius 3 is 2.42 bits per heavy atom. The highest BCUT2D eigenvalue weighted by Crippen LogP contribution is 2.26. The Kier molecular flexibility index (Phi) is 4.36. The molecule has 19 heavy (non-hydrogen) atoms. The minimum absolute atomic E-state index is 0.00479. The summed E-state index contributed by atoms with van der Waals surface area (Å²) in [5.41, 5.74) is 0. The zero-order chi connectivity index (χ0) is 14.0. The van der Waals surface area contributed by atoms with Gasteiger partial charge in [0.15, 0.2) is 0 Å². The number of carbonyl (C=O) groups is 1. The van der Waals surface area contributed by atoms with Crippen LogP contribution < -0.4 is 5.32 Å². The highest BCUT2D eigenvalue weighted by molar-refractivity contribution is 7.89. The van der Waals surface area contributed by atoms with Gasteiger partial charge in [-0.3, -0.25) is 4.79 Å². The molecule has 1 amide bonds. The van der Waals surface area contributed by atoms with Crippen LogP contribution >= 0.6 is 0 Å². The van der Waals surface area contributed by atoms with Crippen molar-refractivity contribution in [2.24, 2.45) is 0 Å². The topological polar surface area (TPSA) is 69.7 Å². The van der Waals surface area contributed by atoms with E-state index in [1.807, 2.05) is 0 Å². The number of amides is 1. The van der Waals surface area contributed by atoms with E-state index in [0.717, 1.165) is 0 Å². The van der Waals surface area contributed by atoms with Crippen molar-refractivity contribution in [2.45, 2.75) is 24.6 Å². The summed E-state index contributed by atoms with van der Waals surface area (Å²) < 4.78 is 48.9. The van der Waals surface area contributed by atoms with Crippen molar-refractivity contribution >= 4 is 15.9 Å². The molecule has 6 nitrogen and oxygen atoms in total. The molecule has 110 valence electrons. The van der Waals surface area contributed by atoms with Crippen LogP contribution in [-0.2, 0) is 14.8 Å². The molecule has 0 aromatic carbocycles. The first-order valence-electron chi connectivity index (χ1n) is 6.23. The van der Waals surface area contributed by atoms with Crippen LogP contribution in [0.3, 0.4) is 0 Å². The van der Waals surface area contributed by atoms with Gasteiger partial charge in [-0.15, -0.1) is 0 Å². The van der Waals surface area contributed by atoms with Gasteiger partial charge in [0.1, 0.15) is 6.04 Å². The summed E-state index contributed by atoms with van der Waals surface area (Å²) in [7, 11) is -4.67. The molecule has 0 aromatic rings. The van der Waals surface area contributed by atoms with Crippen molar-refractivity contribution in [1.29, 1.82) is 0 Å². The van der Waals surface area contributed by atoms with E-state index in [1.165, 1.54) is 0 Å². The number of alkyl halides is 2. The SMILES string of the molecule is O=C(C1CCCN1S(=O)(=O)C(F)F)N1CCNCC1. The summed E-state index contributed by atoms with van der Waals surface area (Å²) >= 11 is 0. The molecule has 1 N–H and O–H groups in total. The van der Waals surface area contributed by atoms with Gasteiger partial charge in [0.2, 0.25) is 5.91 Å². The van der Waals surface area contributed by atoms with Crippen LogP contribution in [0, 0.1) is 0 Å². The van der Waals surface area contributed by atoms with E-state index < -0.39 is 21.8 Å². The summed E-state index contributed by atoms with van der Waals surface area (Å²) in [5.74, 6) is -3.83. The number of piperazine rings is 1. The molecule has 2 fully saturated rings. The molecule has 0 aliphatic carbocycles. The van der Waals surface area contributed by atoms with Crippen LogP contribution in [0.2, 0.25) is 0 Å². The predicted molar refractivity (Wildman–Crippen MR) is 64.1 cm³/mol. The lowest BCUT2D eigenvalue weighted by molar-refractivity contribution is -0.135. The van der Waals surface area contributed by atoms with Gasteiger partial charge in [-0.1, -0.05) is 0 Å². The normalized spacial score (nSPS) is 26.1. The molecule has 0 spiro atoms. The summed E-state index contributed by atoms with van der Waals surface area (Å²) in [6.45, 7) is 2.24. The molecule has 2 aliphatic heterocycles. The Balaban J connectivity index is 2.12. The van der Waals surface area contributed by atoms with E-state index in [4.69, 9.17) is 0 Å². The van der Waals surface area contributed by atoms with E-state index in [2.05, 4.69) is 5.32 Å². The van der Waals surface area contributed by atoms with Gasteiger partial charge in [0.25, 0.3) is 10.0 Å². The second-order valence-electron chi connectivity index (χ2n) is 4.65. The van der Waals surface area contributed by atoms with E-state index in [0.29, 0.717) is 43.3 Å². The first-order chi connectivity index (χ1) is 8.94. The van der Waals surface area contributed by atoms with Crippen LogP contribution in [0.25, 0.3) is 0 Å². The van der Waals surface area contributed by atoms with E-state index in [9.17, 15) is 22.0 Å². The maximum Gasteiger partial charge on any atom is 0.350 e. The number of nitrogens with one attached hydrogen (secondary N) is 1. The Morgan fingerprint density at radius 2 is 1.84 bits per heavy atom. The molecule has 2 heterocycles. The maximum atomic E-state index is 12.6. The number of carbonyl (C=O) groups excluding carboxylic acids is 1. The second-order valence-corrected chi connectivity index (χ2v) is 6.50. The van der Waals surface area contributed by atoms with Crippen LogP contribution in [-0.4, -0.2) is 68.1 Å². The average Bonchev–Trinajstić information content (AvgIpc) is 2.88. The van der Waals surface area contributed by atoms with Gasteiger partial charge < -0.3 is 10.2 Å². The second kappa shape index (κ2) is 5.68. The molecule has 0 bridgehead atoms. The van der Waals surface area contributed by atoms with E-state index in [-0.39, 0.29) is 12.5 Å². The van der Waals surface area contributed by atoms with Gasteiger partial charge in [-0.25, -0.2) is 8.42 Å². The van der Waals surface area contributed by atoms with Crippen LogP contribution in [0.5, 0.6) is 0 Å². The number of nitrogens with zero attached hydrogens (tertiary/aromatic N) is 2. The van der Waals surface area contributed by atoms with E-state index in [1.54, 1.807) is 4.90 Å². The quantitative estimate of drug-likeness (QED) is 0.758. The number of hydrogen-bond acceptors (Lipinski definition) is 4. The molecule has 0 aromatic heterocycles. The summed E-state index contributed by atoms with van der Waals surface area (Å²) in [6, 6.07) is -0.961. The average molecular weight is 297 g/mol. The van der Waals surface area contributed by atoms with Crippen molar-refractivity contribution in [3.8, 4) is 0 Å². The first kappa shape index (κ1) is 14.6. The highest BCUT2D eigenvalue weighted by atomic mass is 32.2. The van der Waals surface area contributed by atoms with Crippen molar-refractivity contribution in [1.82, 2.24) is 14.5 Å². The van der Waals surface area contributed by atoms with Crippen molar-refractivity contribution in [2.75, 3.05) is 32.7 Å². The van der Waals surface area contributed by atoms with Crippen LogP contribution in [0.15, 0.2) is 0 Å². The molecule has 0 saturated carbocycles. The third kappa shape index (κ3) is 2.87. The maximum absolute atomic E-state index is 12.6. The zero-order valence-electron chi connectivity index (χ0n) is 10.4. The Hall–Kier alpha value is -0.800. The fraction of sp³-hybridized carbons (Fsp3) is 0.900. The number of halogens is 2. The molecular weight excluding hydrogens is 280 g/mol. The van der Waals surface area contributed by atoms with Crippen molar-refractivity contribution < 1.29 is 22.0 Å². The largest absolute Gasteiger partial charge is 0.350 e. The molecule has 0 radical (unpaired) electrons. The Morgan fingerprint density at radius 1 is 1.21 bits per heavy atom. The van der Waals surface area contributed by atoms with E-state index >= 15 is 0 Å². The van der Waals surface area contributed by atoms with Gasteiger partial charge in [-0.2, -0.15) is 13.1 Å². The summed E-state index contributed by atoms with van der Waals surface area (Å²) in [5, 5.41) is 3.07. The van der Waals surface area contributed by atoms with Gasteiger partial charge >= 0.3 is 5.76 Å². The third-order valence-electron chi connectivity index (χ3n) is 3.47. The van der Waals surface area contributed by atoms with Crippen molar-refractivity contribution in [3.05, 3.63) is 0 Å². The Bertz CT molecular complexity index is 437. The van der Waals surface area contributed by atoms with Gasteiger partial charge in [-0.05, 0) is 12.8 Å². The Labute approximate surface area is 110 Å². The van der Waals surface area contributed by atoms with Crippen LogP contribution in [0.1, 0.15) is 12.8 Å². The molecule has 2 aliphatic rings. The smallest absolute Gasteiger partial charge is 0.339 e. The molecule has 2 saturated heterocycles.